The first kappa shape index (κ1) is 18.2. The molecule has 0 heterocycles. The van der Waals surface area contributed by atoms with Gasteiger partial charge >= 0.3 is 5.97 Å². The molecule has 5 nitrogen and oxygen atoms in total. The number of carbonyl (C=O) groups excluding carboxylic acids is 1. The number of hydrogen-bond acceptors (Lipinski definition) is 4. The highest BCUT2D eigenvalue weighted by Crippen LogP contribution is 2.26. The molecule has 1 saturated carbocycles. The molecular weight excluding hydrogens is 338 g/mol. The first-order chi connectivity index (χ1) is 10.8. The molecule has 0 aromatic heterocycles. The van der Waals surface area contributed by atoms with Gasteiger partial charge in [0.25, 0.3) is 0 Å². The Morgan fingerprint density at radius 1 is 1.26 bits per heavy atom. The maximum Gasteiger partial charge on any atom is 0.338 e. The zero-order chi connectivity index (χ0) is 17.0. The van der Waals surface area contributed by atoms with Crippen LogP contribution in [0.25, 0.3) is 0 Å². The van der Waals surface area contributed by atoms with Crippen LogP contribution in [-0.4, -0.2) is 39.4 Å². The van der Waals surface area contributed by atoms with Gasteiger partial charge in [-0.25, -0.2) is 17.5 Å². The van der Waals surface area contributed by atoms with Crippen LogP contribution in [0.5, 0.6) is 0 Å². The number of esters is 1. The lowest BCUT2D eigenvalue weighted by molar-refractivity contribution is 0.0410. The van der Waals surface area contributed by atoms with E-state index < -0.39 is 16.0 Å². The third-order valence-corrected chi connectivity index (χ3v) is 6.40. The van der Waals surface area contributed by atoms with Crippen LogP contribution in [0.4, 0.5) is 0 Å². The molecule has 0 amide bonds. The van der Waals surface area contributed by atoms with E-state index in [0.717, 1.165) is 17.1 Å². The van der Waals surface area contributed by atoms with Gasteiger partial charge in [-0.3, -0.25) is 0 Å². The molecule has 0 unspecified atom stereocenters. The summed E-state index contributed by atoms with van der Waals surface area (Å²) in [5, 5.41) is 0.0857. The molecule has 23 heavy (non-hydrogen) atoms. The molecular formula is C16H22ClNO4S. The lowest BCUT2D eigenvalue weighted by Gasteiger charge is -2.21. The number of nitrogens with zero attached hydrogens (tertiary/aromatic N) is 1. The third-order valence-electron chi connectivity index (χ3n) is 4.10. The summed E-state index contributed by atoms with van der Waals surface area (Å²) in [4.78, 5) is 12.1. The average molecular weight is 360 g/mol. The fraction of sp³-hybridized carbons (Fsp3) is 0.562. The predicted molar refractivity (Wildman–Crippen MR) is 89.2 cm³/mol. The summed E-state index contributed by atoms with van der Waals surface area (Å²) in [6.07, 6.45) is 5.75. The summed E-state index contributed by atoms with van der Waals surface area (Å²) in [6.45, 7) is 0.386. The minimum atomic E-state index is -3.71. The van der Waals surface area contributed by atoms with E-state index in [1.807, 2.05) is 0 Å². The highest BCUT2D eigenvalue weighted by atomic mass is 35.5. The van der Waals surface area contributed by atoms with Crippen molar-refractivity contribution in [3.8, 4) is 0 Å². The van der Waals surface area contributed by atoms with Gasteiger partial charge in [0.1, 0.15) is 4.90 Å². The molecule has 1 aliphatic rings. The van der Waals surface area contributed by atoms with E-state index in [1.54, 1.807) is 0 Å². The number of benzene rings is 1. The molecule has 0 radical (unpaired) electrons. The van der Waals surface area contributed by atoms with Gasteiger partial charge in [-0.2, -0.15) is 0 Å². The van der Waals surface area contributed by atoms with E-state index in [2.05, 4.69) is 0 Å². The van der Waals surface area contributed by atoms with Crippen LogP contribution in [-0.2, 0) is 14.8 Å². The maximum absolute atomic E-state index is 12.2. The van der Waals surface area contributed by atoms with Crippen LogP contribution in [0, 0.1) is 5.92 Å². The standard InChI is InChI=1S/C16H22ClNO4S/c1-18(2)23(20,21)15-10-13(8-9-14(15)17)16(19)22-11-12-6-4-3-5-7-12/h8-10,12H,3-7,11H2,1-2H3. The summed E-state index contributed by atoms with van der Waals surface area (Å²) in [5.74, 6) is -0.104. The summed E-state index contributed by atoms with van der Waals surface area (Å²) in [6, 6.07) is 4.18. The topological polar surface area (TPSA) is 63.7 Å². The van der Waals surface area contributed by atoms with Crippen LogP contribution in [0.3, 0.4) is 0 Å². The molecule has 0 aliphatic heterocycles. The van der Waals surface area contributed by atoms with Crippen molar-refractivity contribution in [2.45, 2.75) is 37.0 Å². The highest BCUT2D eigenvalue weighted by Gasteiger charge is 2.23. The molecule has 0 saturated heterocycles. The molecule has 0 spiro atoms. The second-order valence-corrected chi connectivity index (χ2v) is 8.56. The van der Waals surface area contributed by atoms with Crippen molar-refractivity contribution >= 4 is 27.6 Å². The van der Waals surface area contributed by atoms with E-state index >= 15 is 0 Å². The molecule has 1 aromatic rings. The summed E-state index contributed by atoms with van der Waals surface area (Å²) < 4.78 is 30.9. The SMILES string of the molecule is CN(C)S(=O)(=O)c1cc(C(=O)OCC2CCCCC2)ccc1Cl. The molecule has 1 aliphatic carbocycles. The lowest BCUT2D eigenvalue weighted by Crippen LogP contribution is -2.23. The second kappa shape index (κ2) is 7.64. The van der Waals surface area contributed by atoms with E-state index in [4.69, 9.17) is 16.3 Å². The van der Waals surface area contributed by atoms with Crippen LogP contribution >= 0.6 is 11.6 Å². The zero-order valence-corrected chi connectivity index (χ0v) is 15.0. The van der Waals surface area contributed by atoms with Gasteiger partial charge in [-0.1, -0.05) is 30.9 Å². The first-order valence-corrected chi connectivity index (χ1v) is 9.53. The van der Waals surface area contributed by atoms with Crippen molar-refractivity contribution in [2.24, 2.45) is 5.92 Å². The van der Waals surface area contributed by atoms with Gasteiger partial charge in [0, 0.05) is 14.1 Å². The quantitative estimate of drug-likeness (QED) is 0.756. The Balaban J connectivity index is 2.12. The molecule has 128 valence electrons. The van der Waals surface area contributed by atoms with Gasteiger partial charge in [0.15, 0.2) is 0 Å². The number of halogens is 1. The predicted octanol–water partition coefficient (Wildman–Crippen LogP) is 3.33. The minimum Gasteiger partial charge on any atom is -0.462 e. The van der Waals surface area contributed by atoms with Crippen molar-refractivity contribution < 1.29 is 17.9 Å². The zero-order valence-electron chi connectivity index (χ0n) is 13.4. The van der Waals surface area contributed by atoms with E-state index in [9.17, 15) is 13.2 Å². The van der Waals surface area contributed by atoms with Crippen LogP contribution in [0.2, 0.25) is 5.02 Å². The molecule has 1 fully saturated rings. The highest BCUT2D eigenvalue weighted by molar-refractivity contribution is 7.89. The Bertz CT molecular complexity index is 667. The van der Waals surface area contributed by atoms with Gasteiger partial charge in [0.05, 0.1) is 17.2 Å². The van der Waals surface area contributed by atoms with Gasteiger partial charge in [0.2, 0.25) is 10.0 Å². The smallest absolute Gasteiger partial charge is 0.338 e. The number of rotatable bonds is 5. The monoisotopic (exact) mass is 359 g/mol. The third kappa shape index (κ3) is 4.46. The van der Waals surface area contributed by atoms with Crippen LogP contribution < -0.4 is 0 Å². The molecule has 2 rings (SSSR count). The molecule has 0 bridgehead atoms. The number of carbonyl (C=O) groups is 1. The largest absolute Gasteiger partial charge is 0.462 e. The Labute approximate surface area is 142 Å². The number of sulfonamides is 1. The fourth-order valence-corrected chi connectivity index (χ4v) is 4.05. The molecule has 1 aromatic carbocycles. The van der Waals surface area contributed by atoms with Crippen molar-refractivity contribution in [1.82, 2.24) is 4.31 Å². The van der Waals surface area contributed by atoms with Gasteiger partial charge in [-0.05, 0) is 37.0 Å². The Hall–Kier alpha value is -1.11. The normalized spacial score (nSPS) is 16.5. The van der Waals surface area contributed by atoms with Crippen LogP contribution in [0.1, 0.15) is 42.5 Å². The van der Waals surface area contributed by atoms with Crippen LogP contribution in [0.15, 0.2) is 23.1 Å². The summed E-state index contributed by atoms with van der Waals surface area (Å²) in [5.41, 5.74) is 0.200. The Morgan fingerprint density at radius 2 is 1.91 bits per heavy atom. The van der Waals surface area contributed by atoms with Gasteiger partial charge in [-0.15, -0.1) is 0 Å². The molecule has 7 heteroatoms. The van der Waals surface area contributed by atoms with Crippen molar-refractivity contribution in [3.63, 3.8) is 0 Å². The summed E-state index contributed by atoms with van der Waals surface area (Å²) >= 11 is 5.97. The fourth-order valence-electron chi connectivity index (χ4n) is 2.66. The maximum atomic E-state index is 12.2. The van der Waals surface area contributed by atoms with Crippen molar-refractivity contribution in [2.75, 3.05) is 20.7 Å². The summed E-state index contributed by atoms with van der Waals surface area (Å²) in [7, 11) is -0.873. The first-order valence-electron chi connectivity index (χ1n) is 7.71. The molecule has 0 N–H and O–H groups in total. The number of hydrogen-bond donors (Lipinski definition) is 0. The van der Waals surface area contributed by atoms with Crippen molar-refractivity contribution in [3.05, 3.63) is 28.8 Å². The van der Waals surface area contributed by atoms with Crippen molar-refractivity contribution in [1.29, 1.82) is 0 Å². The Morgan fingerprint density at radius 3 is 2.52 bits per heavy atom. The van der Waals surface area contributed by atoms with E-state index in [0.29, 0.717) is 12.5 Å². The second-order valence-electron chi connectivity index (χ2n) is 6.04. The average Bonchev–Trinajstić information content (AvgIpc) is 2.53. The lowest BCUT2D eigenvalue weighted by atomic mass is 9.90. The minimum absolute atomic E-state index is 0.0857. The van der Waals surface area contributed by atoms with E-state index in [1.165, 1.54) is 51.6 Å². The van der Waals surface area contributed by atoms with E-state index in [-0.39, 0.29) is 15.5 Å². The molecule has 0 atom stereocenters. The number of ether oxygens (including phenoxy) is 1. The van der Waals surface area contributed by atoms with Gasteiger partial charge < -0.3 is 4.74 Å². The Kier molecular flexibility index (Phi) is 6.06.